The van der Waals surface area contributed by atoms with E-state index < -0.39 is 5.82 Å². The molecule has 1 amide bonds. The second-order valence-corrected chi connectivity index (χ2v) is 5.67. The molecule has 0 aliphatic carbocycles. The fourth-order valence-corrected chi connectivity index (χ4v) is 2.87. The molecule has 0 atom stereocenters. The number of carbonyl (C=O) groups excluding carboxylic acids is 1. The van der Waals surface area contributed by atoms with Crippen molar-refractivity contribution in [3.8, 4) is 0 Å². The van der Waals surface area contributed by atoms with Gasteiger partial charge in [-0.05, 0) is 44.5 Å². The topological polar surface area (TPSA) is 32.3 Å². The van der Waals surface area contributed by atoms with Crippen molar-refractivity contribution >= 4 is 17.5 Å². The fourth-order valence-electron chi connectivity index (χ4n) is 2.64. The van der Waals surface area contributed by atoms with Gasteiger partial charge >= 0.3 is 0 Å². The Labute approximate surface area is 124 Å². The van der Waals surface area contributed by atoms with Crippen molar-refractivity contribution in [1.29, 1.82) is 0 Å². The highest BCUT2D eigenvalue weighted by atomic mass is 35.5. The van der Waals surface area contributed by atoms with Crippen LogP contribution in [0.3, 0.4) is 0 Å². The van der Waals surface area contributed by atoms with Crippen LogP contribution in [0.5, 0.6) is 0 Å². The highest BCUT2D eigenvalue weighted by molar-refractivity contribution is 6.31. The summed E-state index contributed by atoms with van der Waals surface area (Å²) in [6.45, 7) is 2.48. The molecule has 0 spiro atoms. The van der Waals surface area contributed by atoms with Gasteiger partial charge in [0.1, 0.15) is 5.82 Å². The van der Waals surface area contributed by atoms with Crippen LogP contribution in [0.2, 0.25) is 5.02 Å². The maximum atomic E-state index is 13.7. The molecule has 20 heavy (non-hydrogen) atoms. The quantitative estimate of drug-likeness (QED) is 0.926. The zero-order chi connectivity index (χ0) is 14.5. The van der Waals surface area contributed by atoms with Gasteiger partial charge in [0.2, 0.25) is 5.91 Å². The number of hydrogen-bond donors (Lipinski definition) is 1. The zero-order valence-electron chi connectivity index (χ0n) is 11.7. The zero-order valence-corrected chi connectivity index (χ0v) is 12.4. The van der Waals surface area contributed by atoms with E-state index in [1.54, 1.807) is 12.1 Å². The average molecular weight is 299 g/mol. The Kier molecular flexibility index (Phi) is 5.38. The Morgan fingerprint density at radius 2 is 2.15 bits per heavy atom. The monoisotopic (exact) mass is 298 g/mol. The van der Waals surface area contributed by atoms with E-state index in [0.717, 1.165) is 32.5 Å². The third kappa shape index (κ3) is 3.70. The van der Waals surface area contributed by atoms with Gasteiger partial charge in [0.15, 0.2) is 0 Å². The first-order valence-corrected chi connectivity index (χ1v) is 7.35. The predicted octanol–water partition coefficient (Wildman–Crippen LogP) is 2.48. The second kappa shape index (κ2) is 7.04. The summed E-state index contributed by atoms with van der Waals surface area (Å²) < 4.78 is 13.7. The minimum Gasteiger partial charge on any atom is -0.342 e. The Hall–Kier alpha value is -1.13. The van der Waals surface area contributed by atoms with Gasteiger partial charge < -0.3 is 10.2 Å². The average Bonchev–Trinajstić information content (AvgIpc) is 2.44. The lowest BCUT2D eigenvalue weighted by Crippen LogP contribution is -2.41. The smallest absolute Gasteiger partial charge is 0.227 e. The minimum atomic E-state index is -0.407. The Morgan fingerprint density at radius 3 is 2.75 bits per heavy atom. The van der Waals surface area contributed by atoms with E-state index in [9.17, 15) is 9.18 Å². The molecule has 3 nitrogen and oxygen atoms in total. The first-order valence-electron chi connectivity index (χ1n) is 6.97. The molecule has 1 aromatic carbocycles. The highest BCUT2D eigenvalue weighted by Gasteiger charge is 2.23. The molecule has 1 heterocycles. The number of benzene rings is 1. The van der Waals surface area contributed by atoms with E-state index >= 15 is 0 Å². The number of halogens is 2. The van der Waals surface area contributed by atoms with Gasteiger partial charge in [-0.1, -0.05) is 17.7 Å². The van der Waals surface area contributed by atoms with E-state index in [-0.39, 0.29) is 12.3 Å². The molecule has 1 fully saturated rings. The maximum Gasteiger partial charge on any atom is 0.227 e. The standard InChI is InChI=1S/C15H20ClFN2O/c1-18-10-11-5-7-19(8-6-11)15(20)9-12-13(16)3-2-4-14(12)17/h2-4,11,18H,5-10H2,1H3. The summed E-state index contributed by atoms with van der Waals surface area (Å²) in [5.41, 5.74) is 0.302. The highest BCUT2D eigenvalue weighted by Crippen LogP contribution is 2.22. The first kappa shape index (κ1) is 15.3. The Bertz CT molecular complexity index is 453. The molecule has 0 aromatic heterocycles. The summed E-state index contributed by atoms with van der Waals surface area (Å²) in [5, 5.41) is 3.49. The number of nitrogens with one attached hydrogen (secondary N) is 1. The summed E-state index contributed by atoms with van der Waals surface area (Å²) in [4.78, 5) is 14.0. The van der Waals surface area contributed by atoms with Crippen LogP contribution in [-0.2, 0) is 11.2 Å². The minimum absolute atomic E-state index is 0.0418. The van der Waals surface area contributed by atoms with Crippen molar-refractivity contribution in [2.24, 2.45) is 5.92 Å². The molecule has 1 aliphatic heterocycles. The Balaban J connectivity index is 1.93. The molecule has 0 unspecified atom stereocenters. The number of hydrogen-bond acceptors (Lipinski definition) is 2. The van der Waals surface area contributed by atoms with E-state index in [1.165, 1.54) is 6.07 Å². The summed E-state index contributed by atoms with van der Waals surface area (Å²) in [5.74, 6) is 0.178. The SMILES string of the molecule is CNCC1CCN(C(=O)Cc2c(F)cccc2Cl)CC1. The molecule has 0 radical (unpaired) electrons. The van der Waals surface area contributed by atoms with Crippen LogP contribution in [-0.4, -0.2) is 37.5 Å². The predicted molar refractivity (Wildman–Crippen MR) is 78.3 cm³/mol. The van der Waals surface area contributed by atoms with Crippen molar-refractivity contribution in [2.75, 3.05) is 26.7 Å². The molecule has 2 rings (SSSR count). The number of rotatable bonds is 4. The molecule has 5 heteroatoms. The van der Waals surface area contributed by atoms with Crippen molar-refractivity contribution in [1.82, 2.24) is 10.2 Å². The summed E-state index contributed by atoms with van der Waals surface area (Å²) >= 11 is 5.96. The maximum absolute atomic E-state index is 13.7. The van der Waals surface area contributed by atoms with E-state index in [4.69, 9.17) is 11.6 Å². The molecule has 1 N–H and O–H groups in total. The van der Waals surface area contributed by atoms with Crippen LogP contribution in [0.4, 0.5) is 4.39 Å². The molecule has 0 bridgehead atoms. The van der Waals surface area contributed by atoms with Gasteiger partial charge in [-0.3, -0.25) is 4.79 Å². The summed E-state index contributed by atoms with van der Waals surface area (Å²) in [7, 11) is 1.94. The van der Waals surface area contributed by atoms with Crippen LogP contribution >= 0.6 is 11.6 Å². The van der Waals surface area contributed by atoms with Crippen LogP contribution in [0.15, 0.2) is 18.2 Å². The van der Waals surface area contributed by atoms with E-state index in [0.29, 0.717) is 16.5 Å². The van der Waals surface area contributed by atoms with Crippen molar-refractivity contribution < 1.29 is 9.18 Å². The Morgan fingerprint density at radius 1 is 1.45 bits per heavy atom. The molecule has 110 valence electrons. The van der Waals surface area contributed by atoms with Crippen LogP contribution in [0.1, 0.15) is 18.4 Å². The second-order valence-electron chi connectivity index (χ2n) is 5.26. The third-order valence-corrected chi connectivity index (χ3v) is 4.20. The third-order valence-electron chi connectivity index (χ3n) is 3.85. The summed E-state index contributed by atoms with van der Waals surface area (Å²) in [6.07, 6.45) is 2.04. The van der Waals surface area contributed by atoms with Crippen LogP contribution < -0.4 is 5.32 Å². The number of carbonyl (C=O) groups is 1. The van der Waals surface area contributed by atoms with Gasteiger partial charge in [-0.2, -0.15) is 0 Å². The lowest BCUT2D eigenvalue weighted by Gasteiger charge is -2.32. The molecule has 0 saturated carbocycles. The molecular weight excluding hydrogens is 279 g/mol. The van der Waals surface area contributed by atoms with Gasteiger partial charge in [0, 0.05) is 23.7 Å². The lowest BCUT2D eigenvalue weighted by molar-refractivity contribution is -0.131. The number of piperidine rings is 1. The van der Waals surface area contributed by atoms with Crippen LogP contribution in [0.25, 0.3) is 0 Å². The molecule has 1 aliphatic rings. The number of amides is 1. The largest absolute Gasteiger partial charge is 0.342 e. The van der Waals surface area contributed by atoms with Gasteiger partial charge in [0.05, 0.1) is 6.42 Å². The molecule has 1 saturated heterocycles. The van der Waals surface area contributed by atoms with E-state index in [1.807, 2.05) is 11.9 Å². The van der Waals surface area contributed by atoms with Gasteiger partial charge in [0.25, 0.3) is 0 Å². The lowest BCUT2D eigenvalue weighted by atomic mass is 9.96. The van der Waals surface area contributed by atoms with Crippen molar-refractivity contribution in [3.63, 3.8) is 0 Å². The number of nitrogens with zero attached hydrogens (tertiary/aromatic N) is 1. The normalized spacial score (nSPS) is 16.4. The molecule has 1 aromatic rings. The van der Waals surface area contributed by atoms with Gasteiger partial charge in [-0.25, -0.2) is 4.39 Å². The van der Waals surface area contributed by atoms with Gasteiger partial charge in [-0.15, -0.1) is 0 Å². The van der Waals surface area contributed by atoms with Crippen LogP contribution in [0, 0.1) is 11.7 Å². The molecular formula is C15H20ClFN2O. The first-order chi connectivity index (χ1) is 9.61. The fraction of sp³-hybridized carbons (Fsp3) is 0.533. The van der Waals surface area contributed by atoms with E-state index in [2.05, 4.69) is 5.32 Å². The van der Waals surface area contributed by atoms with Crippen molar-refractivity contribution in [2.45, 2.75) is 19.3 Å². The van der Waals surface area contributed by atoms with Crippen molar-refractivity contribution in [3.05, 3.63) is 34.6 Å². The number of likely N-dealkylation sites (tertiary alicyclic amines) is 1. The summed E-state index contributed by atoms with van der Waals surface area (Å²) in [6, 6.07) is 4.51.